The molecule has 0 saturated carbocycles. The van der Waals surface area contributed by atoms with Gasteiger partial charge in [-0.25, -0.2) is 4.39 Å². The Morgan fingerprint density at radius 3 is 2.62 bits per heavy atom. The van der Waals surface area contributed by atoms with E-state index in [0.29, 0.717) is 0 Å². The summed E-state index contributed by atoms with van der Waals surface area (Å²) in [7, 11) is 0. The van der Waals surface area contributed by atoms with Crippen LogP contribution in [-0.2, 0) is 4.79 Å². The molecular formula is C8H6Cl2FNO. The molecule has 1 aromatic rings. The third kappa shape index (κ3) is 2.32. The lowest BCUT2D eigenvalue weighted by molar-refractivity contribution is -0.117. The van der Waals surface area contributed by atoms with Crippen LogP contribution in [0.3, 0.4) is 0 Å². The fourth-order valence-electron chi connectivity index (χ4n) is 0.860. The lowest BCUT2D eigenvalue weighted by Gasteiger charge is -2.06. The molecule has 1 amide bonds. The van der Waals surface area contributed by atoms with Crippen molar-refractivity contribution >= 4 is 29.1 Å². The fraction of sp³-hybridized carbons (Fsp3) is 0.125. The van der Waals surface area contributed by atoms with Crippen LogP contribution < -0.4 is 5.73 Å². The normalized spacial score (nSPS) is 12.5. The smallest absolute Gasteiger partial charge is 0.240 e. The van der Waals surface area contributed by atoms with Gasteiger partial charge in [0.05, 0.1) is 0 Å². The summed E-state index contributed by atoms with van der Waals surface area (Å²) in [6, 6.07) is 3.85. The molecule has 1 rings (SSSR count). The maximum absolute atomic E-state index is 13.1. The third-order valence-electron chi connectivity index (χ3n) is 1.49. The Hall–Kier alpha value is -0.800. The molecule has 0 aliphatic rings. The molecule has 2 nitrogen and oxygen atoms in total. The first-order valence-electron chi connectivity index (χ1n) is 3.40. The summed E-state index contributed by atoms with van der Waals surface area (Å²) in [5.41, 5.74) is 4.94. The number of benzene rings is 1. The zero-order chi connectivity index (χ0) is 10.0. The predicted molar refractivity (Wildman–Crippen MR) is 49.2 cm³/mol. The Kier molecular flexibility index (Phi) is 3.12. The highest BCUT2D eigenvalue weighted by Gasteiger charge is 2.18. The first-order valence-corrected chi connectivity index (χ1v) is 4.22. The number of hydrogen-bond donors (Lipinski definition) is 1. The van der Waals surface area contributed by atoms with E-state index in [1.54, 1.807) is 0 Å². The SMILES string of the molecule is NC(=O)C(Cl)c1ccc(Cl)cc1F. The summed E-state index contributed by atoms with van der Waals surface area (Å²) in [5, 5.41) is -0.910. The molecule has 70 valence electrons. The summed E-state index contributed by atoms with van der Waals surface area (Å²) >= 11 is 11.0. The highest BCUT2D eigenvalue weighted by Crippen LogP contribution is 2.24. The van der Waals surface area contributed by atoms with E-state index in [2.05, 4.69) is 0 Å². The van der Waals surface area contributed by atoms with Crippen molar-refractivity contribution in [1.29, 1.82) is 0 Å². The quantitative estimate of drug-likeness (QED) is 0.766. The molecule has 0 heterocycles. The van der Waals surface area contributed by atoms with Crippen molar-refractivity contribution in [3.63, 3.8) is 0 Å². The molecule has 1 aromatic carbocycles. The van der Waals surface area contributed by atoms with Gasteiger partial charge in [0.1, 0.15) is 11.2 Å². The zero-order valence-electron chi connectivity index (χ0n) is 6.43. The van der Waals surface area contributed by atoms with Crippen molar-refractivity contribution in [3.05, 3.63) is 34.6 Å². The van der Waals surface area contributed by atoms with Crippen LogP contribution in [0, 0.1) is 5.82 Å². The van der Waals surface area contributed by atoms with Gasteiger partial charge in [-0.3, -0.25) is 4.79 Å². The van der Waals surface area contributed by atoms with Gasteiger partial charge in [0.2, 0.25) is 5.91 Å². The lowest BCUT2D eigenvalue weighted by atomic mass is 10.1. The first-order chi connectivity index (χ1) is 6.02. The lowest BCUT2D eigenvalue weighted by Crippen LogP contribution is -2.17. The molecule has 0 bridgehead atoms. The minimum absolute atomic E-state index is 0.0403. The maximum Gasteiger partial charge on any atom is 0.240 e. The van der Waals surface area contributed by atoms with Crippen molar-refractivity contribution in [2.75, 3.05) is 0 Å². The van der Waals surface area contributed by atoms with Crippen molar-refractivity contribution in [1.82, 2.24) is 0 Å². The second-order valence-electron chi connectivity index (χ2n) is 2.43. The van der Waals surface area contributed by atoms with Gasteiger partial charge in [0.15, 0.2) is 0 Å². The summed E-state index contributed by atoms with van der Waals surface area (Å²) in [5.74, 6) is -1.42. The number of carbonyl (C=O) groups is 1. The molecule has 0 fully saturated rings. The molecule has 13 heavy (non-hydrogen) atoms. The minimum Gasteiger partial charge on any atom is -0.368 e. The molecule has 0 spiro atoms. The van der Waals surface area contributed by atoms with Gasteiger partial charge in [-0.15, -0.1) is 11.6 Å². The number of rotatable bonds is 2. The van der Waals surface area contributed by atoms with E-state index in [9.17, 15) is 9.18 Å². The molecule has 5 heteroatoms. The molecule has 1 unspecified atom stereocenters. The van der Waals surface area contributed by atoms with Crippen LogP contribution in [0.15, 0.2) is 18.2 Å². The summed E-state index contributed by atoms with van der Waals surface area (Å²) in [4.78, 5) is 10.6. The topological polar surface area (TPSA) is 43.1 Å². The molecule has 1 atom stereocenters. The van der Waals surface area contributed by atoms with Crippen LogP contribution in [0.25, 0.3) is 0 Å². The number of hydrogen-bond acceptors (Lipinski definition) is 1. The minimum atomic E-state index is -1.16. The van der Waals surface area contributed by atoms with Gasteiger partial charge >= 0.3 is 0 Å². The average Bonchev–Trinajstić information content (AvgIpc) is 2.03. The van der Waals surface area contributed by atoms with E-state index in [-0.39, 0.29) is 10.6 Å². The van der Waals surface area contributed by atoms with Gasteiger partial charge in [0, 0.05) is 10.6 Å². The Bertz CT molecular complexity index is 343. The highest BCUT2D eigenvalue weighted by molar-refractivity contribution is 6.31. The van der Waals surface area contributed by atoms with Crippen LogP contribution >= 0.6 is 23.2 Å². The zero-order valence-corrected chi connectivity index (χ0v) is 7.94. The van der Waals surface area contributed by atoms with Gasteiger partial charge in [-0.2, -0.15) is 0 Å². The summed E-state index contributed by atoms with van der Waals surface area (Å²) < 4.78 is 13.1. The molecule has 0 aromatic heterocycles. The summed E-state index contributed by atoms with van der Waals surface area (Å²) in [6.45, 7) is 0. The molecule has 0 radical (unpaired) electrons. The van der Waals surface area contributed by atoms with Crippen LogP contribution in [0.2, 0.25) is 5.02 Å². The highest BCUT2D eigenvalue weighted by atomic mass is 35.5. The monoisotopic (exact) mass is 221 g/mol. The number of halogens is 3. The molecule has 2 N–H and O–H groups in total. The predicted octanol–water partition coefficient (Wildman–Crippen LogP) is 2.24. The third-order valence-corrected chi connectivity index (χ3v) is 2.17. The second-order valence-corrected chi connectivity index (χ2v) is 3.30. The maximum atomic E-state index is 13.1. The van der Waals surface area contributed by atoms with E-state index in [0.717, 1.165) is 6.07 Å². The number of alkyl halides is 1. The Morgan fingerprint density at radius 1 is 1.54 bits per heavy atom. The Labute approximate surface area is 84.4 Å². The molecular weight excluding hydrogens is 216 g/mol. The van der Waals surface area contributed by atoms with Gasteiger partial charge in [-0.1, -0.05) is 17.7 Å². The standard InChI is InChI=1S/C8H6Cl2FNO/c9-4-1-2-5(6(11)3-4)7(10)8(12)13/h1-3,7H,(H2,12,13). The van der Waals surface area contributed by atoms with Crippen LogP contribution in [0.1, 0.15) is 10.9 Å². The largest absolute Gasteiger partial charge is 0.368 e. The van der Waals surface area contributed by atoms with E-state index < -0.39 is 17.1 Å². The Morgan fingerprint density at radius 2 is 2.15 bits per heavy atom. The number of carbonyl (C=O) groups excluding carboxylic acids is 1. The fourth-order valence-corrected chi connectivity index (χ4v) is 1.20. The molecule has 0 aliphatic carbocycles. The average molecular weight is 222 g/mol. The van der Waals surface area contributed by atoms with Gasteiger partial charge in [0.25, 0.3) is 0 Å². The second kappa shape index (κ2) is 3.94. The molecule has 0 aliphatic heterocycles. The van der Waals surface area contributed by atoms with Crippen molar-refractivity contribution in [2.45, 2.75) is 5.38 Å². The van der Waals surface area contributed by atoms with E-state index in [1.165, 1.54) is 12.1 Å². The van der Waals surface area contributed by atoms with Crippen LogP contribution in [-0.4, -0.2) is 5.91 Å². The van der Waals surface area contributed by atoms with E-state index in [4.69, 9.17) is 28.9 Å². The van der Waals surface area contributed by atoms with Crippen molar-refractivity contribution in [3.8, 4) is 0 Å². The van der Waals surface area contributed by atoms with Gasteiger partial charge < -0.3 is 5.73 Å². The molecule has 0 saturated heterocycles. The van der Waals surface area contributed by atoms with Crippen molar-refractivity contribution < 1.29 is 9.18 Å². The number of primary amides is 1. The van der Waals surface area contributed by atoms with Crippen molar-refractivity contribution in [2.24, 2.45) is 5.73 Å². The van der Waals surface area contributed by atoms with Crippen LogP contribution in [0.4, 0.5) is 4.39 Å². The summed E-state index contributed by atoms with van der Waals surface area (Å²) in [6.07, 6.45) is 0. The number of amides is 1. The van der Waals surface area contributed by atoms with Crippen LogP contribution in [0.5, 0.6) is 0 Å². The Balaban J connectivity index is 3.08. The number of nitrogens with two attached hydrogens (primary N) is 1. The van der Waals surface area contributed by atoms with E-state index in [1.807, 2.05) is 0 Å². The first kappa shape index (κ1) is 10.3. The van der Waals surface area contributed by atoms with Gasteiger partial charge in [-0.05, 0) is 12.1 Å². The van der Waals surface area contributed by atoms with E-state index >= 15 is 0 Å².